The molecule has 2 amide bonds. The number of carbonyl (C=O) groups is 2. The lowest BCUT2D eigenvalue weighted by molar-refractivity contribution is 0.0942. The summed E-state index contributed by atoms with van der Waals surface area (Å²) in [6.07, 6.45) is 4.72. The van der Waals surface area contributed by atoms with E-state index < -0.39 is 29.0 Å². The van der Waals surface area contributed by atoms with Crippen LogP contribution in [0.5, 0.6) is 0 Å². The van der Waals surface area contributed by atoms with E-state index in [2.05, 4.69) is 25.8 Å². The molecule has 26 heavy (non-hydrogen) atoms. The van der Waals surface area contributed by atoms with Gasteiger partial charge in [-0.3, -0.25) is 19.7 Å². The van der Waals surface area contributed by atoms with E-state index in [0.29, 0.717) is 12.5 Å². The standard InChI is InChI=1S/C17H17F2N5O2/c18-11-2-1-3-12(19)14(11)16(25)23-13-9-22-24-15(13)17(26)21-8-10-4-6-20-7-5-10/h1-3,6,9-10H,4-5,7-8H2,(H,21,26)(H,22,24)(H,23,25). The Balaban J connectivity index is 1.67. The van der Waals surface area contributed by atoms with Gasteiger partial charge in [-0.05, 0) is 37.1 Å². The van der Waals surface area contributed by atoms with Crippen LogP contribution in [0, 0.1) is 17.6 Å². The van der Waals surface area contributed by atoms with Gasteiger partial charge >= 0.3 is 0 Å². The van der Waals surface area contributed by atoms with Gasteiger partial charge in [0.15, 0.2) is 0 Å². The van der Waals surface area contributed by atoms with Crippen molar-refractivity contribution in [3.05, 3.63) is 47.3 Å². The van der Waals surface area contributed by atoms with Crippen LogP contribution in [-0.2, 0) is 0 Å². The number of H-pyrrole nitrogens is 1. The molecule has 0 saturated carbocycles. The predicted molar refractivity (Wildman–Crippen MR) is 91.3 cm³/mol. The number of amides is 2. The minimum absolute atomic E-state index is 0.0135. The fourth-order valence-corrected chi connectivity index (χ4v) is 2.65. The molecule has 3 rings (SSSR count). The third-order valence-electron chi connectivity index (χ3n) is 4.09. The molecule has 0 aliphatic carbocycles. The smallest absolute Gasteiger partial charge is 0.271 e. The molecule has 1 aromatic heterocycles. The van der Waals surface area contributed by atoms with Gasteiger partial charge in [-0.25, -0.2) is 8.78 Å². The minimum Gasteiger partial charge on any atom is -0.350 e. The van der Waals surface area contributed by atoms with Gasteiger partial charge in [-0.1, -0.05) is 6.07 Å². The quantitative estimate of drug-likeness (QED) is 0.761. The number of benzene rings is 1. The third kappa shape index (κ3) is 3.93. The number of aromatic nitrogens is 2. The van der Waals surface area contributed by atoms with Crippen molar-refractivity contribution in [1.82, 2.24) is 15.5 Å². The Morgan fingerprint density at radius 1 is 1.23 bits per heavy atom. The first kappa shape index (κ1) is 17.7. The highest BCUT2D eigenvalue weighted by Crippen LogP contribution is 2.17. The van der Waals surface area contributed by atoms with E-state index in [1.165, 1.54) is 6.20 Å². The first-order valence-electron chi connectivity index (χ1n) is 8.11. The molecule has 3 N–H and O–H groups in total. The maximum Gasteiger partial charge on any atom is 0.271 e. The Labute approximate surface area is 147 Å². The van der Waals surface area contributed by atoms with E-state index in [4.69, 9.17) is 0 Å². The molecular weight excluding hydrogens is 344 g/mol. The van der Waals surface area contributed by atoms with Crippen LogP contribution < -0.4 is 10.6 Å². The Morgan fingerprint density at radius 3 is 2.69 bits per heavy atom. The van der Waals surface area contributed by atoms with Crippen LogP contribution in [0.1, 0.15) is 33.7 Å². The number of aliphatic imine (C=N–C) groups is 1. The number of nitrogens with one attached hydrogen (secondary N) is 3. The zero-order valence-electron chi connectivity index (χ0n) is 13.8. The van der Waals surface area contributed by atoms with E-state index >= 15 is 0 Å². The lowest BCUT2D eigenvalue weighted by Crippen LogP contribution is -2.31. The monoisotopic (exact) mass is 361 g/mol. The summed E-state index contributed by atoms with van der Waals surface area (Å²) >= 11 is 0. The summed E-state index contributed by atoms with van der Waals surface area (Å²) in [5.74, 6) is -3.15. The SMILES string of the molecule is O=C(NCC1CC=NCC1)c1[nH]ncc1NC(=O)c1c(F)cccc1F. The Hall–Kier alpha value is -3.10. The summed E-state index contributed by atoms with van der Waals surface area (Å²) < 4.78 is 27.4. The average Bonchev–Trinajstić information content (AvgIpc) is 3.08. The molecule has 136 valence electrons. The largest absolute Gasteiger partial charge is 0.350 e. The van der Waals surface area contributed by atoms with Gasteiger partial charge < -0.3 is 10.6 Å². The summed E-state index contributed by atoms with van der Waals surface area (Å²) in [5.41, 5.74) is -0.665. The van der Waals surface area contributed by atoms with Crippen molar-refractivity contribution in [3.8, 4) is 0 Å². The normalized spacial score (nSPS) is 16.3. The molecule has 1 unspecified atom stereocenters. The van der Waals surface area contributed by atoms with Crippen molar-refractivity contribution in [2.45, 2.75) is 12.8 Å². The lowest BCUT2D eigenvalue weighted by Gasteiger charge is -2.17. The molecule has 1 aromatic carbocycles. The van der Waals surface area contributed by atoms with E-state index in [1.807, 2.05) is 6.21 Å². The topological polar surface area (TPSA) is 99.2 Å². The summed E-state index contributed by atoms with van der Waals surface area (Å²) in [6.45, 7) is 1.19. The van der Waals surface area contributed by atoms with Gasteiger partial charge in [-0.2, -0.15) is 5.10 Å². The molecule has 0 bridgehead atoms. The summed E-state index contributed by atoms with van der Waals surface area (Å²) in [5, 5.41) is 11.3. The van der Waals surface area contributed by atoms with Gasteiger partial charge in [-0.15, -0.1) is 0 Å². The number of hydrogen-bond donors (Lipinski definition) is 3. The second-order valence-corrected chi connectivity index (χ2v) is 5.90. The van der Waals surface area contributed by atoms with E-state index in [0.717, 1.165) is 37.6 Å². The Bertz CT molecular complexity index is 829. The second kappa shape index (κ2) is 7.85. The number of hydrogen-bond acceptors (Lipinski definition) is 4. The molecule has 1 atom stereocenters. The predicted octanol–water partition coefficient (Wildman–Crippen LogP) is 2.15. The molecule has 9 heteroatoms. The average molecular weight is 361 g/mol. The van der Waals surface area contributed by atoms with E-state index in [1.54, 1.807) is 0 Å². The van der Waals surface area contributed by atoms with Gasteiger partial charge in [0.1, 0.15) is 22.9 Å². The molecule has 2 heterocycles. The molecular formula is C17H17F2N5O2. The first-order valence-corrected chi connectivity index (χ1v) is 8.11. The van der Waals surface area contributed by atoms with Crippen molar-refractivity contribution in [2.75, 3.05) is 18.4 Å². The fraction of sp³-hybridized carbons (Fsp3) is 0.294. The van der Waals surface area contributed by atoms with Crippen LogP contribution >= 0.6 is 0 Å². The van der Waals surface area contributed by atoms with Crippen LogP contribution in [0.3, 0.4) is 0 Å². The first-order chi connectivity index (χ1) is 12.6. The third-order valence-corrected chi connectivity index (χ3v) is 4.09. The summed E-state index contributed by atoms with van der Waals surface area (Å²) in [7, 11) is 0. The van der Waals surface area contributed by atoms with E-state index in [9.17, 15) is 18.4 Å². The molecule has 0 spiro atoms. The summed E-state index contributed by atoms with van der Waals surface area (Å²) in [4.78, 5) is 28.6. The number of aromatic amines is 1. The van der Waals surface area contributed by atoms with Crippen molar-refractivity contribution in [3.63, 3.8) is 0 Å². The van der Waals surface area contributed by atoms with Crippen molar-refractivity contribution < 1.29 is 18.4 Å². The Kier molecular flexibility index (Phi) is 5.35. The molecule has 1 aliphatic heterocycles. The lowest BCUT2D eigenvalue weighted by atomic mass is 10.00. The molecule has 2 aromatic rings. The highest BCUT2D eigenvalue weighted by atomic mass is 19.1. The fourth-order valence-electron chi connectivity index (χ4n) is 2.65. The zero-order valence-corrected chi connectivity index (χ0v) is 13.8. The van der Waals surface area contributed by atoms with Gasteiger partial charge in [0.25, 0.3) is 11.8 Å². The highest BCUT2D eigenvalue weighted by Gasteiger charge is 2.21. The number of anilines is 1. The number of carbonyl (C=O) groups excluding carboxylic acids is 2. The van der Waals surface area contributed by atoms with Crippen LogP contribution in [0.25, 0.3) is 0 Å². The number of rotatable bonds is 5. The van der Waals surface area contributed by atoms with Crippen LogP contribution in [0.15, 0.2) is 29.4 Å². The number of nitrogens with zero attached hydrogens (tertiary/aromatic N) is 2. The van der Waals surface area contributed by atoms with Crippen LogP contribution in [0.4, 0.5) is 14.5 Å². The molecule has 1 aliphatic rings. The second-order valence-electron chi connectivity index (χ2n) is 5.90. The van der Waals surface area contributed by atoms with Crippen LogP contribution in [0.2, 0.25) is 0 Å². The maximum atomic E-state index is 13.7. The van der Waals surface area contributed by atoms with Gasteiger partial charge in [0.2, 0.25) is 0 Å². The number of halogens is 2. The highest BCUT2D eigenvalue weighted by molar-refractivity contribution is 6.08. The van der Waals surface area contributed by atoms with Crippen molar-refractivity contribution in [1.29, 1.82) is 0 Å². The zero-order chi connectivity index (χ0) is 18.5. The molecule has 0 radical (unpaired) electrons. The maximum absolute atomic E-state index is 13.7. The molecule has 0 fully saturated rings. The van der Waals surface area contributed by atoms with Gasteiger partial charge in [0, 0.05) is 13.1 Å². The molecule has 0 saturated heterocycles. The van der Waals surface area contributed by atoms with Crippen LogP contribution in [-0.4, -0.2) is 41.3 Å². The van der Waals surface area contributed by atoms with Gasteiger partial charge in [0.05, 0.1) is 11.9 Å². The van der Waals surface area contributed by atoms with Crippen molar-refractivity contribution in [2.24, 2.45) is 10.9 Å². The minimum atomic E-state index is -1.00. The van der Waals surface area contributed by atoms with Crippen molar-refractivity contribution >= 4 is 23.7 Å². The molecule has 7 nitrogen and oxygen atoms in total. The summed E-state index contributed by atoms with van der Waals surface area (Å²) in [6, 6.07) is 3.12. The van der Waals surface area contributed by atoms with E-state index in [-0.39, 0.29) is 11.4 Å². The Morgan fingerprint density at radius 2 is 2.00 bits per heavy atom.